The van der Waals surface area contributed by atoms with Gasteiger partial charge in [0, 0.05) is 61.5 Å². The first-order chi connectivity index (χ1) is 16.5. The first-order valence-corrected chi connectivity index (χ1v) is 12.5. The second-order valence-corrected chi connectivity index (χ2v) is 9.90. The van der Waals surface area contributed by atoms with Crippen molar-refractivity contribution < 1.29 is 9.47 Å². The molecule has 5 rings (SSSR count). The van der Waals surface area contributed by atoms with Crippen LogP contribution >= 0.6 is 22.9 Å². The molecule has 0 radical (unpaired) electrons. The quantitative estimate of drug-likeness (QED) is 0.356. The molecule has 3 aromatic heterocycles. The minimum atomic E-state index is 0.446. The summed E-state index contributed by atoms with van der Waals surface area (Å²) in [6.07, 6.45) is 6.22. The normalized spacial score (nSPS) is 15.0. The number of aromatic nitrogens is 2. The van der Waals surface area contributed by atoms with Crippen LogP contribution in [0.3, 0.4) is 0 Å². The van der Waals surface area contributed by atoms with E-state index in [4.69, 9.17) is 31.8 Å². The molecule has 1 aliphatic heterocycles. The number of ether oxygens (including phenoxy) is 2. The lowest BCUT2D eigenvalue weighted by Gasteiger charge is -2.32. The van der Waals surface area contributed by atoms with E-state index in [0.29, 0.717) is 22.6 Å². The van der Waals surface area contributed by atoms with Crippen LogP contribution in [0.2, 0.25) is 5.02 Å². The van der Waals surface area contributed by atoms with Crippen molar-refractivity contribution in [3.05, 3.63) is 58.7 Å². The summed E-state index contributed by atoms with van der Waals surface area (Å²) in [5.41, 5.74) is 10.7. The van der Waals surface area contributed by atoms with Gasteiger partial charge in [-0.25, -0.2) is 4.98 Å². The lowest BCUT2D eigenvalue weighted by atomic mass is 10.0. The summed E-state index contributed by atoms with van der Waals surface area (Å²) in [5.74, 6) is 1.24. The summed E-state index contributed by atoms with van der Waals surface area (Å²) < 4.78 is 12.9. The molecule has 9 heteroatoms. The van der Waals surface area contributed by atoms with Crippen LogP contribution in [-0.2, 0) is 6.54 Å². The van der Waals surface area contributed by atoms with Gasteiger partial charge in [0.25, 0.3) is 0 Å². The lowest BCUT2D eigenvalue weighted by molar-refractivity contribution is 0.211. The average molecular weight is 498 g/mol. The minimum Gasteiger partial charge on any atom is -0.496 e. The molecule has 34 heavy (non-hydrogen) atoms. The number of nitrogens with zero attached hydrogens (tertiary/aromatic N) is 3. The molecule has 1 fully saturated rings. The third-order valence-corrected chi connectivity index (χ3v) is 7.35. The summed E-state index contributed by atoms with van der Waals surface area (Å²) in [4.78, 5) is 7.33. The predicted octanol–water partition coefficient (Wildman–Crippen LogP) is 5.39. The molecule has 4 aromatic rings. The zero-order valence-corrected chi connectivity index (χ0v) is 20.8. The Morgan fingerprint density at radius 3 is 2.65 bits per heavy atom. The van der Waals surface area contributed by atoms with Crippen molar-refractivity contribution in [2.24, 2.45) is 0 Å². The molecular formula is C25H28ClN5O2S. The van der Waals surface area contributed by atoms with Gasteiger partial charge in [-0.2, -0.15) is 0 Å². The zero-order valence-electron chi connectivity index (χ0n) is 19.3. The molecule has 0 atom stereocenters. The van der Waals surface area contributed by atoms with Crippen molar-refractivity contribution in [2.75, 3.05) is 38.4 Å². The number of hydrogen-bond acceptors (Lipinski definition) is 7. The van der Waals surface area contributed by atoms with Gasteiger partial charge in [0.2, 0.25) is 0 Å². The second kappa shape index (κ2) is 9.74. The molecule has 1 saturated heterocycles. The van der Waals surface area contributed by atoms with Gasteiger partial charge in [0.15, 0.2) is 0 Å². The molecule has 178 valence electrons. The van der Waals surface area contributed by atoms with Gasteiger partial charge in [0.1, 0.15) is 17.1 Å². The number of nitrogen functional groups attached to an aromatic ring is 1. The van der Waals surface area contributed by atoms with Gasteiger partial charge in [-0.1, -0.05) is 11.6 Å². The van der Waals surface area contributed by atoms with Gasteiger partial charge in [-0.3, -0.25) is 4.90 Å². The molecular weight excluding hydrogens is 470 g/mol. The minimum absolute atomic E-state index is 0.446. The van der Waals surface area contributed by atoms with E-state index in [1.807, 2.05) is 22.9 Å². The van der Waals surface area contributed by atoms with Gasteiger partial charge < -0.3 is 24.9 Å². The molecule has 0 saturated carbocycles. The lowest BCUT2D eigenvalue weighted by Crippen LogP contribution is -2.38. The number of halogens is 1. The third kappa shape index (κ3) is 4.80. The number of anilines is 2. The number of nitrogens with one attached hydrogen (secondary N) is 1. The van der Waals surface area contributed by atoms with E-state index in [1.54, 1.807) is 31.6 Å². The van der Waals surface area contributed by atoms with Crippen LogP contribution in [0.15, 0.2) is 48.1 Å². The summed E-state index contributed by atoms with van der Waals surface area (Å²) >= 11 is 7.98. The standard InChI is InChI=1S/C25H28ClN5O2S/c1-32-22-12-23(33-2)20(26)11-19(22)21-14-31-8-5-18(10-25(31)29-21)28-17-3-6-30(7-4-17)13-16-9-24(27)34-15-16/h5,8-12,14-15,17,28H,3-4,6-7,13,27H2,1-2H3. The van der Waals surface area contributed by atoms with Crippen molar-refractivity contribution in [1.82, 2.24) is 14.3 Å². The highest BCUT2D eigenvalue weighted by atomic mass is 35.5. The van der Waals surface area contributed by atoms with Crippen LogP contribution in [0.25, 0.3) is 16.9 Å². The molecule has 7 nitrogen and oxygen atoms in total. The van der Waals surface area contributed by atoms with Crippen LogP contribution in [0.5, 0.6) is 11.5 Å². The fourth-order valence-electron chi connectivity index (χ4n) is 4.47. The highest BCUT2D eigenvalue weighted by Crippen LogP contribution is 2.38. The number of nitrogens with two attached hydrogens (primary N) is 1. The Morgan fingerprint density at radius 2 is 1.94 bits per heavy atom. The van der Waals surface area contributed by atoms with Crippen molar-refractivity contribution in [3.63, 3.8) is 0 Å². The van der Waals surface area contributed by atoms with Crippen LogP contribution in [-0.4, -0.2) is 47.6 Å². The van der Waals surface area contributed by atoms with Gasteiger partial charge in [0.05, 0.1) is 29.9 Å². The molecule has 1 aliphatic rings. The summed E-state index contributed by atoms with van der Waals surface area (Å²) in [6, 6.07) is 10.3. The van der Waals surface area contributed by atoms with E-state index in [9.17, 15) is 0 Å². The monoisotopic (exact) mass is 497 g/mol. The topological polar surface area (TPSA) is 77.0 Å². The number of likely N-dealkylation sites (tertiary alicyclic amines) is 1. The Bertz CT molecular complexity index is 1300. The Hall–Kier alpha value is -2.94. The molecule has 1 aromatic carbocycles. The van der Waals surface area contributed by atoms with E-state index in [2.05, 4.69) is 33.8 Å². The largest absolute Gasteiger partial charge is 0.496 e. The van der Waals surface area contributed by atoms with E-state index < -0.39 is 0 Å². The molecule has 0 bridgehead atoms. The number of thiophene rings is 1. The number of piperidine rings is 1. The first kappa shape index (κ1) is 22.8. The fourth-order valence-corrected chi connectivity index (χ4v) is 5.36. The maximum atomic E-state index is 6.36. The van der Waals surface area contributed by atoms with Gasteiger partial charge in [-0.15, -0.1) is 11.3 Å². The number of benzene rings is 1. The number of pyridine rings is 1. The van der Waals surface area contributed by atoms with Crippen LogP contribution < -0.4 is 20.5 Å². The Labute approximate surface area is 208 Å². The number of methoxy groups -OCH3 is 2. The molecule has 3 N–H and O–H groups in total. The van der Waals surface area contributed by atoms with Crippen molar-refractivity contribution in [1.29, 1.82) is 0 Å². The summed E-state index contributed by atoms with van der Waals surface area (Å²) in [7, 11) is 3.22. The SMILES string of the molecule is COc1cc(OC)c(-c2cn3ccc(NC4CCN(Cc5csc(N)c5)CC4)cc3n2)cc1Cl. The number of imidazole rings is 1. The Morgan fingerprint density at radius 1 is 1.15 bits per heavy atom. The van der Waals surface area contributed by atoms with Crippen molar-refractivity contribution in [2.45, 2.75) is 25.4 Å². The smallest absolute Gasteiger partial charge is 0.141 e. The van der Waals surface area contributed by atoms with E-state index in [1.165, 1.54) is 5.56 Å². The molecule has 4 heterocycles. The predicted molar refractivity (Wildman–Crippen MR) is 139 cm³/mol. The van der Waals surface area contributed by atoms with Crippen molar-refractivity contribution >= 4 is 39.3 Å². The molecule has 0 unspecified atom stereocenters. The maximum Gasteiger partial charge on any atom is 0.141 e. The average Bonchev–Trinajstić information content (AvgIpc) is 3.45. The number of hydrogen-bond donors (Lipinski definition) is 2. The second-order valence-electron chi connectivity index (χ2n) is 8.55. The van der Waals surface area contributed by atoms with Gasteiger partial charge >= 0.3 is 0 Å². The Balaban J connectivity index is 1.27. The highest BCUT2D eigenvalue weighted by Gasteiger charge is 2.20. The highest BCUT2D eigenvalue weighted by molar-refractivity contribution is 7.14. The van der Waals surface area contributed by atoms with E-state index >= 15 is 0 Å². The summed E-state index contributed by atoms with van der Waals surface area (Å²) in [5, 5.41) is 7.26. The van der Waals surface area contributed by atoms with Crippen LogP contribution in [0, 0.1) is 0 Å². The van der Waals surface area contributed by atoms with Crippen LogP contribution in [0.4, 0.5) is 10.7 Å². The number of fused-ring (bicyclic) bond motifs is 1. The third-order valence-electron chi connectivity index (χ3n) is 6.25. The van der Waals surface area contributed by atoms with E-state index in [0.717, 1.165) is 60.1 Å². The fraction of sp³-hybridized carbons (Fsp3) is 0.320. The van der Waals surface area contributed by atoms with Crippen LogP contribution in [0.1, 0.15) is 18.4 Å². The number of rotatable bonds is 7. The maximum absolute atomic E-state index is 6.36. The molecule has 0 amide bonds. The molecule has 0 aliphatic carbocycles. The first-order valence-electron chi connectivity index (χ1n) is 11.2. The zero-order chi connectivity index (χ0) is 23.7. The van der Waals surface area contributed by atoms with Crippen molar-refractivity contribution in [3.8, 4) is 22.8 Å². The Kier molecular flexibility index (Phi) is 6.54. The molecule has 0 spiro atoms. The summed E-state index contributed by atoms with van der Waals surface area (Å²) in [6.45, 7) is 3.12. The van der Waals surface area contributed by atoms with E-state index in [-0.39, 0.29) is 0 Å². The van der Waals surface area contributed by atoms with Gasteiger partial charge in [-0.05, 0) is 42.0 Å².